The monoisotopic (exact) mass is 547 g/mol. The molecule has 1 unspecified atom stereocenters. The van der Waals surface area contributed by atoms with E-state index in [4.69, 9.17) is 18.9 Å². The lowest BCUT2D eigenvalue weighted by atomic mass is 9.93. The number of allylic oxidation sites excluding steroid dienone is 1. The molecule has 2 fully saturated rings. The predicted octanol–water partition coefficient (Wildman–Crippen LogP) is 1.74. The average molecular weight is 548 g/mol. The zero-order chi connectivity index (χ0) is 28.8. The molecule has 3 amide bonds. The van der Waals surface area contributed by atoms with Crippen LogP contribution in [0.25, 0.3) is 0 Å². The number of nitrogens with one attached hydrogen (secondary N) is 2. The first-order valence-corrected chi connectivity index (χ1v) is 13.1. The fourth-order valence-corrected chi connectivity index (χ4v) is 4.35. The summed E-state index contributed by atoms with van der Waals surface area (Å²) in [4.78, 5) is 40.2. The number of aliphatic hydroxyl groups excluding tert-OH is 1. The zero-order valence-electron chi connectivity index (χ0n) is 23.5. The third kappa shape index (κ3) is 8.76. The van der Waals surface area contributed by atoms with Gasteiger partial charge in [-0.1, -0.05) is 63.3 Å². The first-order valence-electron chi connectivity index (χ1n) is 13.1. The number of nitrogens with zero attached hydrogens (tertiary/aromatic N) is 1. The molecule has 0 aliphatic carbocycles. The van der Waals surface area contributed by atoms with Crippen molar-refractivity contribution in [3.63, 3.8) is 0 Å². The highest BCUT2D eigenvalue weighted by Crippen LogP contribution is 2.31. The third-order valence-electron chi connectivity index (χ3n) is 6.29. The predicted molar refractivity (Wildman–Crippen MR) is 142 cm³/mol. The number of hydrogen-bond donors (Lipinski definition) is 3. The van der Waals surface area contributed by atoms with Crippen LogP contribution in [0, 0.1) is 5.41 Å². The van der Waals surface area contributed by atoms with Crippen molar-refractivity contribution in [2.75, 3.05) is 26.7 Å². The molecule has 11 heteroatoms. The molecule has 2 aliphatic rings. The van der Waals surface area contributed by atoms with Gasteiger partial charge in [-0.3, -0.25) is 9.59 Å². The Hall–Kier alpha value is -2.99. The van der Waals surface area contributed by atoms with Crippen molar-refractivity contribution >= 4 is 17.9 Å². The van der Waals surface area contributed by atoms with Crippen LogP contribution >= 0.6 is 0 Å². The van der Waals surface area contributed by atoms with E-state index in [0.29, 0.717) is 0 Å². The number of aliphatic hydroxyl groups is 1. The standard InChI is InChI=1S/C28H41N3O8/c1-27(2,3)13-12-20-21(32)22(39-28(4,5)38-20)23(36-6)25(34)30-19-16-31(15-14-29-24(19)33)26(35)37-17-18-10-8-7-9-11-18/h7-13,19-23,32H,14-17H2,1-6H3,(H,29,33)(H,30,34)/t19?,20-,21+,22-,23-/m1/s1. The fraction of sp³-hybridized carbons (Fsp3) is 0.607. The van der Waals surface area contributed by atoms with Crippen LogP contribution in [0.1, 0.15) is 40.2 Å². The number of rotatable bonds is 7. The van der Waals surface area contributed by atoms with Crippen LogP contribution in [0.4, 0.5) is 4.79 Å². The van der Waals surface area contributed by atoms with Crippen LogP contribution in [-0.2, 0) is 35.1 Å². The molecule has 1 aromatic rings. The first kappa shape index (κ1) is 30.6. The smallest absolute Gasteiger partial charge is 0.410 e. The Kier molecular flexibility index (Phi) is 10.1. The summed E-state index contributed by atoms with van der Waals surface area (Å²) in [6.45, 7) is 9.83. The van der Waals surface area contributed by atoms with Crippen molar-refractivity contribution in [2.45, 2.75) is 77.5 Å². The van der Waals surface area contributed by atoms with E-state index in [1.807, 2.05) is 57.2 Å². The molecule has 2 heterocycles. The Balaban J connectivity index is 1.69. The second-order valence-electron chi connectivity index (χ2n) is 11.3. The van der Waals surface area contributed by atoms with Crippen LogP contribution in [0.15, 0.2) is 42.5 Å². The van der Waals surface area contributed by atoms with E-state index in [1.54, 1.807) is 19.9 Å². The molecule has 0 aromatic heterocycles. The molecule has 0 spiro atoms. The molecule has 0 saturated carbocycles. The van der Waals surface area contributed by atoms with Gasteiger partial charge >= 0.3 is 6.09 Å². The molecule has 39 heavy (non-hydrogen) atoms. The Morgan fingerprint density at radius 3 is 2.59 bits per heavy atom. The van der Waals surface area contributed by atoms with Crippen molar-refractivity contribution in [3.8, 4) is 0 Å². The summed E-state index contributed by atoms with van der Waals surface area (Å²) >= 11 is 0. The summed E-state index contributed by atoms with van der Waals surface area (Å²) in [5, 5.41) is 16.4. The third-order valence-corrected chi connectivity index (χ3v) is 6.29. The molecule has 5 atom stereocenters. The lowest BCUT2D eigenvalue weighted by molar-refractivity contribution is -0.334. The van der Waals surface area contributed by atoms with E-state index in [2.05, 4.69) is 10.6 Å². The van der Waals surface area contributed by atoms with Crippen molar-refractivity contribution in [3.05, 3.63) is 48.0 Å². The summed E-state index contributed by atoms with van der Waals surface area (Å²) in [5.41, 5.74) is 0.677. The molecule has 3 N–H and O–H groups in total. The van der Waals surface area contributed by atoms with Gasteiger partial charge < -0.3 is 39.6 Å². The largest absolute Gasteiger partial charge is 0.445 e. The van der Waals surface area contributed by atoms with Crippen molar-refractivity contribution in [1.29, 1.82) is 0 Å². The van der Waals surface area contributed by atoms with Crippen molar-refractivity contribution in [2.24, 2.45) is 5.41 Å². The lowest BCUT2D eigenvalue weighted by Crippen LogP contribution is -2.62. The summed E-state index contributed by atoms with van der Waals surface area (Å²) in [5.74, 6) is -2.24. The Morgan fingerprint density at radius 1 is 1.26 bits per heavy atom. The quantitative estimate of drug-likeness (QED) is 0.440. The molecule has 2 aliphatic heterocycles. The van der Waals surface area contributed by atoms with E-state index >= 15 is 0 Å². The average Bonchev–Trinajstić information content (AvgIpc) is 3.05. The second-order valence-corrected chi connectivity index (χ2v) is 11.3. The molecule has 1 aromatic carbocycles. The summed E-state index contributed by atoms with van der Waals surface area (Å²) < 4.78 is 22.7. The molecule has 0 radical (unpaired) electrons. The number of benzene rings is 1. The van der Waals surface area contributed by atoms with Gasteiger partial charge in [0.1, 0.15) is 31.0 Å². The van der Waals surface area contributed by atoms with E-state index in [-0.39, 0.29) is 31.7 Å². The minimum absolute atomic E-state index is 0.0832. The SMILES string of the molecule is CO[C@@H](C(=O)NC1CN(C(=O)OCc2ccccc2)CCNC1=O)[C@@H]1OC(C)(C)O[C@H](C=CC(C)(C)C)[C@@H]1O. The minimum atomic E-state index is -1.26. The van der Waals surface area contributed by atoms with Gasteiger partial charge in [-0.2, -0.15) is 0 Å². The number of carbonyl (C=O) groups is 3. The van der Waals surface area contributed by atoms with Gasteiger partial charge in [0.05, 0.1) is 6.54 Å². The number of ether oxygens (including phenoxy) is 4. The Labute approximate surface area is 229 Å². The van der Waals surface area contributed by atoms with Gasteiger partial charge in [0.25, 0.3) is 5.91 Å². The summed E-state index contributed by atoms with van der Waals surface area (Å²) in [7, 11) is 1.32. The zero-order valence-corrected chi connectivity index (χ0v) is 23.5. The van der Waals surface area contributed by atoms with E-state index in [1.165, 1.54) is 12.0 Å². The van der Waals surface area contributed by atoms with Gasteiger partial charge in [-0.25, -0.2) is 4.79 Å². The van der Waals surface area contributed by atoms with Gasteiger partial charge in [-0.05, 0) is 24.8 Å². The maximum Gasteiger partial charge on any atom is 0.410 e. The number of carbonyl (C=O) groups excluding carboxylic acids is 3. The van der Waals surface area contributed by atoms with E-state index in [9.17, 15) is 19.5 Å². The van der Waals surface area contributed by atoms with E-state index < -0.39 is 54.2 Å². The maximum absolute atomic E-state index is 13.4. The highest BCUT2D eigenvalue weighted by molar-refractivity contribution is 5.90. The fourth-order valence-electron chi connectivity index (χ4n) is 4.35. The Morgan fingerprint density at radius 2 is 1.95 bits per heavy atom. The van der Waals surface area contributed by atoms with Crippen molar-refractivity contribution in [1.82, 2.24) is 15.5 Å². The van der Waals surface area contributed by atoms with Crippen molar-refractivity contribution < 1.29 is 38.4 Å². The van der Waals surface area contributed by atoms with Gasteiger partial charge in [-0.15, -0.1) is 0 Å². The topological polar surface area (TPSA) is 136 Å². The van der Waals surface area contributed by atoms with Gasteiger partial charge in [0.2, 0.25) is 5.91 Å². The number of hydrogen-bond acceptors (Lipinski definition) is 8. The van der Waals surface area contributed by atoms with Gasteiger partial charge in [0, 0.05) is 20.2 Å². The summed E-state index contributed by atoms with van der Waals surface area (Å²) in [6.07, 6.45) is -1.25. The lowest BCUT2D eigenvalue weighted by Gasteiger charge is -2.45. The molecule has 216 valence electrons. The molecule has 0 bridgehead atoms. The molecule has 3 rings (SSSR count). The maximum atomic E-state index is 13.4. The van der Waals surface area contributed by atoms with Crippen LogP contribution in [-0.4, -0.2) is 90.9 Å². The molecular formula is C28H41N3O8. The molecule has 11 nitrogen and oxygen atoms in total. The Bertz CT molecular complexity index is 1020. The highest BCUT2D eigenvalue weighted by Gasteiger charge is 2.48. The molecular weight excluding hydrogens is 506 g/mol. The second kappa shape index (κ2) is 12.9. The highest BCUT2D eigenvalue weighted by atomic mass is 16.7. The van der Waals surface area contributed by atoms with Crippen LogP contribution in [0.2, 0.25) is 0 Å². The normalized spacial score (nSPS) is 26.4. The number of amides is 3. The first-order chi connectivity index (χ1) is 18.3. The number of methoxy groups -OCH3 is 1. The summed E-state index contributed by atoms with van der Waals surface area (Å²) in [6, 6.07) is 8.17. The van der Waals surface area contributed by atoms with Crippen LogP contribution in [0.5, 0.6) is 0 Å². The van der Waals surface area contributed by atoms with E-state index in [0.717, 1.165) is 5.56 Å². The molecule has 2 saturated heterocycles. The van der Waals surface area contributed by atoms with Gasteiger partial charge in [0.15, 0.2) is 11.9 Å². The van der Waals surface area contributed by atoms with Crippen LogP contribution in [0.3, 0.4) is 0 Å². The minimum Gasteiger partial charge on any atom is -0.445 e. The van der Waals surface area contributed by atoms with Crippen LogP contribution < -0.4 is 10.6 Å².